The van der Waals surface area contributed by atoms with Crippen LogP contribution in [0.4, 0.5) is 11.5 Å². The van der Waals surface area contributed by atoms with E-state index in [0.717, 1.165) is 22.7 Å². The first kappa shape index (κ1) is 15.2. The van der Waals surface area contributed by atoms with E-state index < -0.39 is 0 Å². The van der Waals surface area contributed by atoms with Crippen molar-refractivity contribution in [2.45, 2.75) is 26.7 Å². The van der Waals surface area contributed by atoms with Gasteiger partial charge in [-0.15, -0.1) is 10.2 Å². The SMILES string of the molecule is COc1ccccc1N=Nc1c(C(C)C)nc2c(C)cccn12. The lowest BCUT2D eigenvalue weighted by Crippen LogP contribution is -1.88. The molecule has 0 atom stereocenters. The number of hydrogen-bond donors (Lipinski definition) is 0. The van der Waals surface area contributed by atoms with Crippen molar-refractivity contribution in [3.63, 3.8) is 0 Å². The van der Waals surface area contributed by atoms with Gasteiger partial charge in [0.15, 0.2) is 5.82 Å². The molecule has 0 bridgehead atoms. The number of rotatable bonds is 4. The molecule has 0 saturated carbocycles. The summed E-state index contributed by atoms with van der Waals surface area (Å²) < 4.78 is 7.31. The van der Waals surface area contributed by atoms with Gasteiger partial charge < -0.3 is 4.74 Å². The van der Waals surface area contributed by atoms with Gasteiger partial charge in [0.05, 0.1) is 12.8 Å². The maximum atomic E-state index is 5.32. The second-order valence-corrected chi connectivity index (χ2v) is 5.73. The molecule has 3 rings (SSSR count). The van der Waals surface area contributed by atoms with Crippen LogP contribution in [0.25, 0.3) is 5.65 Å². The summed E-state index contributed by atoms with van der Waals surface area (Å²) in [6.45, 7) is 6.27. The lowest BCUT2D eigenvalue weighted by Gasteiger charge is -2.04. The van der Waals surface area contributed by atoms with E-state index in [1.165, 1.54) is 0 Å². The predicted octanol–water partition coefficient (Wildman–Crippen LogP) is 5.19. The van der Waals surface area contributed by atoms with Gasteiger partial charge in [0, 0.05) is 6.20 Å². The summed E-state index contributed by atoms with van der Waals surface area (Å²) in [4.78, 5) is 4.74. The van der Waals surface area contributed by atoms with Crippen LogP contribution in [0.5, 0.6) is 5.75 Å². The molecule has 118 valence electrons. The molecule has 0 aliphatic rings. The zero-order chi connectivity index (χ0) is 16.4. The highest BCUT2D eigenvalue weighted by molar-refractivity contribution is 5.58. The van der Waals surface area contributed by atoms with Crippen molar-refractivity contribution in [1.29, 1.82) is 0 Å². The summed E-state index contributed by atoms with van der Waals surface area (Å²) >= 11 is 0. The molecule has 0 saturated heterocycles. The molecule has 0 aliphatic heterocycles. The first-order valence-electron chi connectivity index (χ1n) is 7.64. The Morgan fingerprint density at radius 3 is 2.61 bits per heavy atom. The molecule has 5 heteroatoms. The van der Waals surface area contributed by atoms with E-state index in [1.54, 1.807) is 7.11 Å². The van der Waals surface area contributed by atoms with Crippen LogP contribution >= 0.6 is 0 Å². The number of hydrogen-bond acceptors (Lipinski definition) is 4. The molecule has 0 fully saturated rings. The second-order valence-electron chi connectivity index (χ2n) is 5.73. The molecular formula is C18H20N4O. The molecule has 0 radical (unpaired) electrons. The predicted molar refractivity (Wildman–Crippen MR) is 91.2 cm³/mol. The highest BCUT2D eigenvalue weighted by atomic mass is 16.5. The first-order valence-corrected chi connectivity index (χ1v) is 7.64. The second kappa shape index (κ2) is 6.20. The Kier molecular flexibility index (Phi) is 4.10. The zero-order valence-electron chi connectivity index (χ0n) is 13.8. The van der Waals surface area contributed by atoms with E-state index in [4.69, 9.17) is 9.72 Å². The third kappa shape index (κ3) is 2.82. The molecule has 0 spiro atoms. The van der Waals surface area contributed by atoms with Gasteiger partial charge in [0.25, 0.3) is 0 Å². The lowest BCUT2D eigenvalue weighted by atomic mass is 10.1. The molecule has 23 heavy (non-hydrogen) atoms. The van der Waals surface area contributed by atoms with Crippen molar-refractivity contribution in [2.75, 3.05) is 7.11 Å². The number of imidazole rings is 1. The lowest BCUT2D eigenvalue weighted by molar-refractivity contribution is 0.416. The molecule has 1 aromatic carbocycles. The van der Waals surface area contributed by atoms with Crippen molar-refractivity contribution in [1.82, 2.24) is 9.38 Å². The number of pyridine rings is 1. The van der Waals surface area contributed by atoms with Gasteiger partial charge in [0.2, 0.25) is 0 Å². The third-order valence-electron chi connectivity index (χ3n) is 3.73. The molecule has 0 unspecified atom stereocenters. The van der Waals surface area contributed by atoms with E-state index in [9.17, 15) is 0 Å². The number of para-hydroxylation sites is 1. The maximum absolute atomic E-state index is 5.32. The Morgan fingerprint density at radius 2 is 1.87 bits per heavy atom. The van der Waals surface area contributed by atoms with E-state index in [1.807, 2.05) is 53.9 Å². The maximum Gasteiger partial charge on any atom is 0.183 e. The van der Waals surface area contributed by atoms with Crippen molar-refractivity contribution >= 4 is 17.2 Å². The zero-order valence-corrected chi connectivity index (χ0v) is 13.8. The molecule has 2 heterocycles. The van der Waals surface area contributed by atoms with Gasteiger partial charge in [-0.05, 0) is 36.6 Å². The number of ether oxygens (including phenoxy) is 1. The van der Waals surface area contributed by atoms with Gasteiger partial charge in [-0.2, -0.15) is 0 Å². The molecule has 3 aromatic rings. The van der Waals surface area contributed by atoms with Crippen LogP contribution in [-0.2, 0) is 0 Å². The largest absolute Gasteiger partial charge is 0.494 e. The van der Waals surface area contributed by atoms with E-state index in [2.05, 4.69) is 24.1 Å². The molecule has 5 nitrogen and oxygen atoms in total. The number of aryl methyl sites for hydroxylation is 1. The van der Waals surface area contributed by atoms with Crippen LogP contribution in [0.1, 0.15) is 31.0 Å². The number of benzene rings is 1. The van der Waals surface area contributed by atoms with Gasteiger partial charge in [-0.3, -0.25) is 4.40 Å². The van der Waals surface area contributed by atoms with Gasteiger partial charge >= 0.3 is 0 Å². The molecule has 0 N–H and O–H groups in total. The smallest absolute Gasteiger partial charge is 0.183 e. The van der Waals surface area contributed by atoms with Gasteiger partial charge in [-0.1, -0.05) is 32.0 Å². The minimum absolute atomic E-state index is 0.265. The summed E-state index contributed by atoms with van der Waals surface area (Å²) in [5, 5.41) is 8.86. The Labute approximate surface area is 135 Å². The van der Waals surface area contributed by atoms with Crippen LogP contribution in [-0.4, -0.2) is 16.5 Å². The Balaban J connectivity index is 2.13. The number of azo groups is 1. The van der Waals surface area contributed by atoms with E-state index in [-0.39, 0.29) is 5.92 Å². The summed E-state index contributed by atoms with van der Waals surface area (Å²) in [5.74, 6) is 1.73. The fraction of sp³-hybridized carbons (Fsp3) is 0.278. The third-order valence-corrected chi connectivity index (χ3v) is 3.73. The average molecular weight is 308 g/mol. The number of methoxy groups -OCH3 is 1. The highest BCUT2D eigenvalue weighted by Crippen LogP contribution is 2.32. The summed E-state index contributed by atoms with van der Waals surface area (Å²) in [7, 11) is 1.63. The van der Waals surface area contributed by atoms with Crippen LogP contribution in [0.15, 0.2) is 52.8 Å². The van der Waals surface area contributed by atoms with Crippen LogP contribution in [0.3, 0.4) is 0 Å². The van der Waals surface area contributed by atoms with Gasteiger partial charge in [0.1, 0.15) is 17.1 Å². The first-order chi connectivity index (χ1) is 11.1. The Bertz CT molecular complexity index is 865. The fourth-order valence-corrected chi connectivity index (χ4v) is 2.51. The minimum atomic E-state index is 0.265. The molecule has 0 aliphatic carbocycles. The van der Waals surface area contributed by atoms with E-state index >= 15 is 0 Å². The van der Waals surface area contributed by atoms with E-state index in [0.29, 0.717) is 11.4 Å². The average Bonchev–Trinajstić information content (AvgIpc) is 2.93. The van der Waals surface area contributed by atoms with Crippen molar-refractivity contribution in [2.24, 2.45) is 10.2 Å². The summed E-state index contributed by atoms with van der Waals surface area (Å²) in [6, 6.07) is 11.6. The Hall–Kier alpha value is -2.69. The van der Waals surface area contributed by atoms with Gasteiger partial charge in [-0.25, -0.2) is 4.98 Å². The van der Waals surface area contributed by atoms with Crippen LogP contribution < -0.4 is 4.74 Å². The Morgan fingerprint density at radius 1 is 1.09 bits per heavy atom. The van der Waals surface area contributed by atoms with Crippen LogP contribution in [0, 0.1) is 6.92 Å². The van der Waals surface area contributed by atoms with Crippen molar-refractivity contribution < 1.29 is 4.74 Å². The van der Waals surface area contributed by atoms with Crippen molar-refractivity contribution in [3.8, 4) is 5.75 Å². The molecule has 0 amide bonds. The number of aromatic nitrogens is 2. The topological polar surface area (TPSA) is 51.2 Å². The number of nitrogens with zero attached hydrogens (tertiary/aromatic N) is 4. The summed E-state index contributed by atoms with van der Waals surface area (Å²) in [6.07, 6.45) is 1.97. The molecular weight excluding hydrogens is 288 g/mol. The summed E-state index contributed by atoms with van der Waals surface area (Å²) in [5.41, 5.74) is 3.68. The monoisotopic (exact) mass is 308 g/mol. The highest BCUT2D eigenvalue weighted by Gasteiger charge is 2.16. The number of fused-ring (bicyclic) bond motifs is 1. The van der Waals surface area contributed by atoms with Crippen LogP contribution in [0.2, 0.25) is 0 Å². The minimum Gasteiger partial charge on any atom is -0.494 e. The quantitative estimate of drug-likeness (QED) is 0.623. The standard InChI is InChI=1S/C18H20N4O/c1-12(2)16-18(22-11-7-8-13(3)17(22)19-16)21-20-14-9-5-6-10-15(14)23-4/h5-12H,1-4H3. The fourth-order valence-electron chi connectivity index (χ4n) is 2.51. The normalized spacial score (nSPS) is 11.7. The molecule has 2 aromatic heterocycles. The van der Waals surface area contributed by atoms with Crippen molar-refractivity contribution in [3.05, 3.63) is 53.9 Å².